The fourth-order valence-electron chi connectivity index (χ4n) is 2.75. The van der Waals surface area contributed by atoms with E-state index in [1.54, 1.807) is 43.7 Å². The largest absolute Gasteiger partial charge is 0.496 e. The second-order valence-corrected chi connectivity index (χ2v) is 7.95. The molecule has 0 aliphatic heterocycles. The molecule has 31 heavy (non-hydrogen) atoms. The maximum absolute atomic E-state index is 12.3. The first-order valence-corrected chi connectivity index (χ1v) is 10.7. The van der Waals surface area contributed by atoms with Gasteiger partial charge in [-0.05, 0) is 70.1 Å². The first-order valence-electron chi connectivity index (χ1n) is 9.23. The van der Waals surface area contributed by atoms with Crippen LogP contribution in [0, 0.1) is 3.57 Å². The summed E-state index contributed by atoms with van der Waals surface area (Å²) >= 11 is 8.10. The minimum Gasteiger partial charge on any atom is -0.496 e. The molecular weight excluding hydrogens is 531 g/mol. The molecule has 160 valence electrons. The van der Waals surface area contributed by atoms with Crippen molar-refractivity contribution in [1.82, 2.24) is 5.43 Å². The Balaban J connectivity index is 1.70. The Morgan fingerprint density at radius 2 is 1.77 bits per heavy atom. The Hall–Kier alpha value is -2.78. The van der Waals surface area contributed by atoms with Crippen LogP contribution in [0.25, 0.3) is 0 Å². The second-order valence-electron chi connectivity index (χ2n) is 6.35. The van der Waals surface area contributed by atoms with Crippen LogP contribution in [0.3, 0.4) is 0 Å². The molecule has 0 fully saturated rings. The number of hydrogen-bond acceptors (Lipinski definition) is 5. The summed E-state index contributed by atoms with van der Waals surface area (Å²) < 4.78 is 17.5. The molecule has 0 atom stereocenters. The summed E-state index contributed by atoms with van der Waals surface area (Å²) in [7, 11) is 3.09. The van der Waals surface area contributed by atoms with Crippen LogP contribution in [0.15, 0.2) is 65.8 Å². The number of carbonyl (C=O) groups excluding carboxylic acids is 1. The molecular formula is C23H20ClIN2O4. The lowest BCUT2D eigenvalue weighted by molar-refractivity contribution is 0.0952. The molecule has 1 N–H and O–H groups in total. The van der Waals surface area contributed by atoms with E-state index in [1.807, 2.05) is 30.3 Å². The van der Waals surface area contributed by atoms with Crippen molar-refractivity contribution >= 4 is 46.3 Å². The third kappa shape index (κ3) is 6.11. The van der Waals surface area contributed by atoms with Crippen molar-refractivity contribution in [3.8, 4) is 17.2 Å². The topological polar surface area (TPSA) is 69.2 Å². The van der Waals surface area contributed by atoms with Gasteiger partial charge in [0.15, 0.2) is 11.5 Å². The predicted molar refractivity (Wildman–Crippen MR) is 130 cm³/mol. The number of hydrogen-bond donors (Lipinski definition) is 1. The van der Waals surface area contributed by atoms with Gasteiger partial charge in [-0.25, -0.2) is 5.43 Å². The van der Waals surface area contributed by atoms with Crippen molar-refractivity contribution in [2.45, 2.75) is 6.61 Å². The number of nitrogens with one attached hydrogen (secondary N) is 1. The smallest absolute Gasteiger partial charge is 0.275 e. The van der Waals surface area contributed by atoms with Crippen LogP contribution in [-0.4, -0.2) is 26.3 Å². The summed E-state index contributed by atoms with van der Waals surface area (Å²) in [4.78, 5) is 12.3. The van der Waals surface area contributed by atoms with Gasteiger partial charge >= 0.3 is 0 Å². The second kappa shape index (κ2) is 11.0. The summed E-state index contributed by atoms with van der Waals surface area (Å²) in [5.41, 5.74) is 4.66. The van der Waals surface area contributed by atoms with Gasteiger partial charge in [0.25, 0.3) is 5.91 Å². The molecule has 0 heterocycles. The average molecular weight is 551 g/mol. The highest BCUT2D eigenvalue weighted by atomic mass is 127. The van der Waals surface area contributed by atoms with Crippen molar-refractivity contribution in [3.05, 3.63) is 85.9 Å². The lowest BCUT2D eigenvalue weighted by Crippen LogP contribution is -2.18. The van der Waals surface area contributed by atoms with Crippen molar-refractivity contribution < 1.29 is 19.0 Å². The van der Waals surface area contributed by atoms with Crippen LogP contribution in [-0.2, 0) is 6.61 Å². The van der Waals surface area contributed by atoms with E-state index >= 15 is 0 Å². The predicted octanol–water partition coefficient (Wildman–Crippen LogP) is 5.30. The van der Waals surface area contributed by atoms with Gasteiger partial charge in [-0.1, -0.05) is 35.9 Å². The number of hydrazone groups is 1. The third-order valence-electron chi connectivity index (χ3n) is 4.28. The van der Waals surface area contributed by atoms with E-state index in [1.165, 1.54) is 7.11 Å². The van der Waals surface area contributed by atoms with Crippen molar-refractivity contribution in [2.75, 3.05) is 14.2 Å². The van der Waals surface area contributed by atoms with E-state index < -0.39 is 0 Å². The highest BCUT2D eigenvalue weighted by Crippen LogP contribution is 2.34. The summed E-state index contributed by atoms with van der Waals surface area (Å²) in [6, 6.07) is 18.1. The van der Waals surface area contributed by atoms with E-state index in [9.17, 15) is 4.79 Å². The number of rotatable bonds is 8. The molecule has 0 aliphatic rings. The fourth-order valence-corrected chi connectivity index (χ4v) is 3.66. The molecule has 3 rings (SSSR count). The maximum Gasteiger partial charge on any atom is 0.275 e. The lowest BCUT2D eigenvalue weighted by Gasteiger charge is -2.13. The van der Waals surface area contributed by atoms with Gasteiger partial charge in [0.05, 0.1) is 29.6 Å². The van der Waals surface area contributed by atoms with Gasteiger partial charge in [-0.3, -0.25) is 4.79 Å². The average Bonchev–Trinajstić information content (AvgIpc) is 2.79. The van der Waals surface area contributed by atoms with E-state index in [2.05, 4.69) is 33.1 Å². The number of methoxy groups -OCH3 is 2. The zero-order chi connectivity index (χ0) is 22.2. The number of ether oxygens (including phenoxy) is 3. The van der Waals surface area contributed by atoms with Crippen molar-refractivity contribution in [2.24, 2.45) is 5.10 Å². The van der Waals surface area contributed by atoms with Crippen LogP contribution in [0.5, 0.6) is 17.2 Å². The lowest BCUT2D eigenvalue weighted by atomic mass is 10.2. The zero-order valence-electron chi connectivity index (χ0n) is 16.9. The first kappa shape index (κ1) is 22.9. The molecule has 0 spiro atoms. The van der Waals surface area contributed by atoms with Crippen LogP contribution >= 0.6 is 34.2 Å². The number of benzene rings is 3. The van der Waals surface area contributed by atoms with Crippen molar-refractivity contribution in [3.63, 3.8) is 0 Å². The van der Waals surface area contributed by atoms with E-state index in [4.69, 9.17) is 25.8 Å². The quantitative estimate of drug-likeness (QED) is 0.235. The first-order chi connectivity index (χ1) is 15.0. The molecule has 3 aromatic rings. The number of nitrogens with zero attached hydrogens (tertiary/aromatic N) is 1. The summed E-state index contributed by atoms with van der Waals surface area (Å²) in [6.45, 7) is 0.381. The molecule has 0 radical (unpaired) electrons. The molecule has 0 bridgehead atoms. The highest BCUT2D eigenvalue weighted by molar-refractivity contribution is 14.1. The zero-order valence-corrected chi connectivity index (χ0v) is 19.8. The van der Waals surface area contributed by atoms with Crippen LogP contribution in [0.1, 0.15) is 21.5 Å². The monoisotopic (exact) mass is 550 g/mol. The molecule has 0 unspecified atom stereocenters. The van der Waals surface area contributed by atoms with E-state index in [-0.39, 0.29) is 5.91 Å². The van der Waals surface area contributed by atoms with Crippen molar-refractivity contribution in [1.29, 1.82) is 0 Å². The van der Waals surface area contributed by atoms with Crippen LogP contribution < -0.4 is 19.6 Å². The highest BCUT2D eigenvalue weighted by Gasteiger charge is 2.13. The normalized spacial score (nSPS) is 10.7. The summed E-state index contributed by atoms with van der Waals surface area (Å²) in [6.07, 6.45) is 1.54. The standard InChI is InChI=1S/C23H20ClIN2O4/c1-29-20-6-4-3-5-18(20)23(28)27-26-13-16-11-19(25)22(21(12-16)30-2)31-14-15-7-9-17(24)10-8-15/h3-13H,14H2,1-2H3,(H,27,28)/b26-13+. The Kier molecular flexibility index (Phi) is 8.13. The molecule has 6 nitrogen and oxygen atoms in total. The van der Waals surface area contributed by atoms with Gasteiger partial charge in [0, 0.05) is 5.02 Å². The number of carbonyl (C=O) groups is 1. The molecule has 8 heteroatoms. The molecule has 0 aliphatic carbocycles. The molecule has 0 aromatic heterocycles. The third-order valence-corrected chi connectivity index (χ3v) is 5.33. The Bertz CT molecular complexity index is 1090. The van der Waals surface area contributed by atoms with Crippen LogP contribution in [0.2, 0.25) is 5.02 Å². The Morgan fingerprint density at radius 1 is 1.06 bits per heavy atom. The summed E-state index contributed by atoms with van der Waals surface area (Å²) in [5.74, 6) is 1.32. The van der Waals surface area contributed by atoms with E-state index in [0.29, 0.717) is 34.4 Å². The Labute approximate surface area is 199 Å². The summed E-state index contributed by atoms with van der Waals surface area (Å²) in [5, 5.41) is 4.73. The van der Waals surface area contributed by atoms with Gasteiger partial charge < -0.3 is 14.2 Å². The van der Waals surface area contributed by atoms with Gasteiger partial charge in [-0.15, -0.1) is 0 Å². The molecule has 0 saturated carbocycles. The number of amides is 1. The SMILES string of the molecule is COc1ccccc1C(=O)N/N=C/c1cc(I)c(OCc2ccc(Cl)cc2)c(OC)c1. The molecule has 0 saturated heterocycles. The Morgan fingerprint density at radius 3 is 2.48 bits per heavy atom. The maximum atomic E-state index is 12.3. The number of halogens is 2. The van der Waals surface area contributed by atoms with Gasteiger partial charge in [-0.2, -0.15) is 5.10 Å². The van der Waals surface area contributed by atoms with E-state index in [0.717, 1.165) is 14.7 Å². The molecule has 1 amide bonds. The minimum atomic E-state index is -0.363. The fraction of sp³-hybridized carbons (Fsp3) is 0.130. The minimum absolute atomic E-state index is 0.363. The number of para-hydroxylation sites is 1. The van der Waals surface area contributed by atoms with Gasteiger partial charge in [0.1, 0.15) is 12.4 Å². The van der Waals surface area contributed by atoms with Crippen LogP contribution in [0.4, 0.5) is 0 Å². The van der Waals surface area contributed by atoms with Gasteiger partial charge in [0.2, 0.25) is 0 Å². The molecule has 3 aromatic carbocycles.